The number of pyridine rings is 2. The second-order valence-corrected chi connectivity index (χ2v) is 9.02. The summed E-state index contributed by atoms with van der Waals surface area (Å²) in [5.41, 5.74) is 2.88. The van der Waals surface area contributed by atoms with Crippen LogP contribution in [0.25, 0.3) is 28.1 Å². The van der Waals surface area contributed by atoms with Crippen LogP contribution in [0.15, 0.2) is 55.2 Å². The summed E-state index contributed by atoms with van der Waals surface area (Å²) >= 11 is 0. The Morgan fingerprint density at radius 2 is 1.97 bits per heavy atom. The molecule has 1 atom stereocenters. The summed E-state index contributed by atoms with van der Waals surface area (Å²) in [4.78, 5) is 35.2. The number of amides is 1. The Morgan fingerprint density at radius 1 is 1.11 bits per heavy atom. The number of rotatable bonds is 4. The van der Waals surface area contributed by atoms with E-state index in [-0.39, 0.29) is 17.9 Å². The number of carbonyl (C=O) groups excluding carboxylic acids is 1. The molecule has 1 amide bonds. The molecule has 0 N–H and O–H groups in total. The topological polar surface area (TPSA) is 104 Å². The van der Waals surface area contributed by atoms with Gasteiger partial charge in [-0.05, 0) is 31.2 Å². The zero-order valence-electron chi connectivity index (χ0n) is 20.0. The fourth-order valence-corrected chi connectivity index (χ4v) is 4.61. The standard InChI is InChI=1S/C26H26N8O/c1-17(2)26(35)32-10-11-33(18(3)14-32)24-23-20(21-6-4-5-8-28-21)15-34(25(23)31-16-30-24)22-12-19(13-27)7-9-29-22/h4-9,12,15-18H,10-11,14H2,1-3H3/t18-/m0/s1. The third-order valence-corrected chi connectivity index (χ3v) is 6.33. The molecule has 0 unspecified atom stereocenters. The van der Waals surface area contributed by atoms with E-state index in [1.165, 1.54) is 0 Å². The number of nitrogens with zero attached hydrogens (tertiary/aromatic N) is 8. The predicted molar refractivity (Wildman–Crippen MR) is 133 cm³/mol. The van der Waals surface area contributed by atoms with E-state index >= 15 is 0 Å². The van der Waals surface area contributed by atoms with Gasteiger partial charge in [0.25, 0.3) is 0 Å². The van der Waals surface area contributed by atoms with Crippen LogP contribution in [0.3, 0.4) is 0 Å². The molecule has 9 heteroatoms. The van der Waals surface area contributed by atoms with Crippen LogP contribution in [0, 0.1) is 17.2 Å². The van der Waals surface area contributed by atoms with Gasteiger partial charge >= 0.3 is 0 Å². The van der Waals surface area contributed by atoms with Gasteiger partial charge in [0.05, 0.1) is 22.7 Å². The molecule has 9 nitrogen and oxygen atoms in total. The lowest BCUT2D eigenvalue weighted by Crippen LogP contribution is -2.54. The van der Waals surface area contributed by atoms with Gasteiger partial charge in [0.15, 0.2) is 5.65 Å². The highest BCUT2D eigenvalue weighted by Gasteiger charge is 2.31. The van der Waals surface area contributed by atoms with Crippen LogP contribution in [0.1, 0.15) is 26.3 Å². The molecule has 0 bridgehead atoms. The van der Waals surface area contributed by atoms with Gasteiger partial charge in [0.1, 0.15) is 18.0 Å². The molecule has 176 valence electrons. The van der Waals surface area contributed by atoms with Gasteiger partial charge in [0, 0.05) is 55.7 Å². The number of nitriles is 1. The molecule has 1 aliphatic rings. The molecular formula is C26H26N8O. The minimum Gasteiger partial charge on any atom is -0.350 e. The highest BCUT2D eigenvalue weighted by Crippen LogP contribution is 2.36. The van der Waals surface area contributed by atoms with E-state index in [1.807, 2.05) is 47.7 Å². The van der Waals surface area contributed by atoms with E-state index in [1.54, 1.807) is 30.9 Å². The molecule has 1 fully saturated rings. The third kappa shape index (κ3) is 4.08. The fraction of sp³-hybridized carbons (Fsp3) is 0.308. The van der Waals surface area contributed by atoms with Crippen LogP contribution < -0.4 is 4.90 Å². The van der Waals surface area contributed by atoms with Crippen LogP contribution >= 0.6 is 0 Å². The first-order valence-electron chi connectivity index (χ1n) is 11.7. The van der Waals surface area contributed by atoms with Crippen molar-refractivity contribution in [2.45, 2.75) is 26.8 Å². The van der Waals surface area contributed by atoms with Gasteiger partial charge < -0.3 is 9.80 Å². The van der Waals surface area contributed by atoms with Crippen molar-refractivity contribution in [3.8, 4) is 23.1 Å². The van der Waals surface area contributed by atoms with Crippen molar-refractivity contribution in [2.75, 3.05) is 24.5 Å². The third-order valence-electron chi connectivity index (χ3n) is 6.33. The van der Waals surface area contributed by atoms with Crippen LogP contribution in [0.5, 0.6) is 0 Å². The van der Waals surface area contributed by atoms with E-state index < -0.39 is 0 Å². The Balaban J connectivity index is 1.65. The second kappa shape index (κ2) is 9.14. The van der Waals surface area contributed by atoms with E-state index in [2.05, 4.69) is 32.8 Å². The Bertz CT molecular complexity index is 1420. The molecule has 35 heavy (non-hydrogen) atoms. The highest BCUT2D eigenvalue weighted by molar-refractivity contribution is 6.01. The lowest BCUT2D eigenvalue weighted by Gasteiger charge is -2.41. The molecule has 4 aromatic heterocycles. The number of piperazine rings is 1. The van der Waals surface area contributed by atoms with Gasteiger partial charge in [-0.1, -0.05) is 19.9 Å². The molecule has 0 aromatic carbocycles. The van der Waals surface area contributed by atoms with Crippen LogP contribution in [-0.4, -0.2) is 61.0 Å². The smallest absolute Gasteiger partial charge is 0.225 e. The summed E-state index contributed by atoms with van der Waals surface area (Å²) in [6.07, 6.45) is 6.89. The van der Waals surface area contributed by atoms with E-state index in [4.69, 9.17) is 4.98 Å². The molecule has 0 aliphatic carbocycles. The van der Waals surface area contributed by atoms with Crippen LogP contribution in [0.4, 0.5) is 5.82 Å². The van der Waals surface area contributed by atoms with Gasteiger partial charge in [-0.25, -0.2) is 15.0 Å². The van der Waals surface area contributed by atoms with Crippen molar-refractivity contribution < 1.29 is 4.79 Å². The number of hydrogen-bond donors (Lipinski definition) is 0. The summed E-state index contributed by atoms with van der Waals surface area (Å²) in [6, 6.07) is 11.4. The van der Waals surface area contributed by atoms with Crippen molar-refractivity contribution in [1.29, 1.82) is 5.26 Å². The summed E-state index contributed by atoms with van der Waals surface area (Å²) in [7, 11) is 0. The number of carbonyl (C=O) groups is 1. The normalized spacial score (nSPS) is 16.0. The molecule has 5 rings (SSSR count). The Hall–Kier alpha value is -4.32. The number of anilines is 1. The average Bonchev–Trinajstić information content (AvgIpc) is 3.29. The lowest BCUT2D eigenvalue weighted by molar-refractivity contribution is -0.135. The Kier molecular flexibility index (Phi) is 5.87. The monoisotopic (exact) mass is 466 g/mol. The molecule has 1 saturated heterocycles. The highest BCUT2D eigenvalue weighted by atomic mass is 16.2. The molecule has 0 spiro atoms. The van der Waals surface area contributed by atoms with E-state index in [0.717, 1.165) is 22.5 Å². The maximum atomic E-state index is 12.6. The van der Waals surface area contributed by atoms with Crippen LogP contribution in [0.2, 0.25) is 0 Å². The van der Waals surface area contributed by atoms with Gasteiger partial charge in [0.2, 0.25) is 5.91 Å². The predicted octanol–water partition coefficient (Wildman–Crippen LogP) is 3.44. The van der Waals surface area contributed by atoms with E-state index in [9.17, 15) is 10.1 Å². The Labute approximate surface area is 203 Å². The van der Waals surface area contributed by atoms with Crippen molar-refractivity contribution in [3.63, 3.8) is 0 Å². The van der Waals surface area contributed by atoms with Gasteiger partial charge in [-0.2, -0.15) is 5.26 Å². The van der Waals surface area contributed by atoms with E-state index in [0.29, 0.717) is 36.7 Å². The number of aromatic nitrogens is 5. The first-order chi connectivity index (χ1) is 17.0. The zero-order valence-corrected chi connectivity index (χ0v) is 20.0. The summed E-state index contributed by atoms with van der Waals surface area (Å²) in [5.74, 6) is 1.55. The summed E-state index contributed by atoms with van der Waals surface area (Å²) in [5, 5.41) is 10.3. The molecular weight excluding hydrogens is 440 g/mol. The Morgan fingerprint density at radius 3 is 2.69 bits per heavy atom. The molecule has 0 saturated carbocycles. The fourth-order valence-electron chi connectivity index (χ4n) is 4.61. The quantitative estimate of drug-likeness (QED) is 0.454. The SMILES string of the molecule is CC(C)C(=O)N1CCN(c2ncnc3c2c(-c2ccccn2)cn3-c2cc(C#N)ccn2)[C@@H](C)C1. The average molecular weight is 467 g/mol. The first-order valence-corrected chi connectivity index (χ1v) is 11.7. The van der Waals surface area contributed by atoms with Crippen molar-refractivity contribution in [3.05, 3.63) is 60.8 Å². The number of hydrogen-bond acceptors (Lipinski definition) is 7. The van der Waals surface area contributed by atoms with Crippen molar-refractivity contribution in [1.82, 2.24) is 29.4 Å². The largest absolute Gasteiger partial charge is 0.350 e. The molecule has 0 radical (unpaired) electrons. The summed E-state index contributed by atoms with van der Waals surface area (Å²) < 4.78 is 1.88. The number of fused-ring (bicyclic) bond motifs is 1. The maximum absolute atomic E-state index is 12.6. The first kappa shape index (κ1) is 22.5. The van der Waals surface area contributed by atoms with Crippen LogP contribution in [-0.2, 0) is 4.79 Å². The molecule has 1 aliphatic heterocycles. The van der Waals surface area contributed by atoms with Crippen molar-refractivity contribution in [2.24, 2.45) is 5.92 Å². The lowest BCUT2D eigenvalue weighted by atomic mass is 10.1. The second-order valence-electron chi connectivity index (χ2n) is 9.02. The zero-order chi connectivity index (χ0) is 24.5. The van der Waals surface area contributed by atoms with Gasteiger partial charge in [-0.15, -0.1) is 0 Å². The van der Waals surface area contributed by atoms with Gasteiger partial charge in [-0.3, -0.25) is 14.3 Å². The molecule has 5 heterocycles. The molecule has 4 aromatic rings. The summed E-state index contributed by atoms with van der Waals surface area (Å²) in [6.45, 7) is 7.92. The minimum atomic E-state index is -0.0269. The van der Waals surface area contributed by atoms with Crippen molar-refractivity contribution >= 4 is 22.8 Å². The minimum absolute atomic E-state index is 0.0269. The maximum Gasteiger partial charge on any atom is 0.225 e.